The predicted molar refractivity (Wildman–Crippen MR) is 132 cm³/mol. The van der Waals surface area contributed by atoms with Gasteiger partial charge in [0.1, 0.15) is 5.76 Å². The van der Waals surface area contributed by atoms with Crippen molar-refractivity contribution < 1.29 is 22.4 Å². The summed E-state index contributed by atoms with van der Waals surface area (Å²) in [6.07, 6.45) is -4.41. The van der Waals surface area contributed by atoms with Crippen LogP contribution in [0.25, 0.3) is 22.3 Å². The van der Waals surface area contributed by atoms with Crippen LogP contribution >= 0.6 is 0 Å². The number of carbonyl (C=O) groups is 1. The Morgan fingerprint density at radius 1 is 0.889 bits per heavy atom. The van der Waals surface area contributed by atoms with Crippen LogP contribution in [0.15, 0.2) is 82.0 Å². The predicted octanol–water partition coefficient (Wildman–Crippen LogP) is 5.75. The van der Waals surface area contributed by atoms with E-state index in [2.05, 4.69) is 0 Å². The summed E-state index contributed by atoms with van der Waals surface area (Å²) in [6, 6.07) is 19.4. The van der Waals surface area contributed by atoms with Gasteiger partial charge < -0.3 is 14.2 Å². The molecule has 0 saturated carbocycles. The topological polar surface area (TPSA) is 53.8 Å². The number of amides is 1. The van der Waals surface area contributed by atoms with Gasteiger partial charge in [-0.15, -0.1) is 0 Å². The molecule has 1 fully saturated rings. The van der Waals surface area contributed by atoms with Crippen LogP contribution in [0, 0.1) is 6.92 Å². The number of para-hydroxylation sites is 1. The summed E-state index contributed by atoms with van der Waals surface area (Å²) >= 11 is 0. The van der Waals surface area contributed by atoms with Gasteiger partial charge in [0, 0.05) is 43.0 Å². The molecule has 3 aromatic carbocycles. The number of alkyl halides is 3. The van der Waals surface area contributed by atoms with Crippen LogP contribution in [0.4, 0.5) is 18.9 Å². The first-order chi connectivity index (χ1) is 17.2. The molecule has 1 amide bonds. The number of fused-ring (bicyclic) bond motifs is 1. The highest BCUT2D eigenvalue weighted by molar-refractivity contribution is 6.05. The van der Waals surface area contributed by atoms with Crippen LogP contribution in [0.3, 0.4) is 0 Å². The lowest BCUT2D eigenvalue weighted by atomic mass is 10.0. The highest BCUT2D eigenvalue weighted by Gasteiger charge is 2.31. The van der Waals surface area contributed by atoms with Gasteiger partial charge in [0.25, 0.3) is 5.91 Å². The second-order valence-electron chi connectivity index (χ2n) is 8.76. The van der Waals surface area contributed by atoms with Crippen molar-refractivity contribution in [1.82, 2.24) is 4.90 Å². The molecule has 1 aromatic heterocycles. The lowest BCUT2D eigenvalue weighted by molar-refractivity contribution is -0.137. The van der Waals surface area contributed by atoms with Gasteiger partial charge in [0.2, 0.25) is 0 Å². The van der Waals surface area contributed by atoms with Crippen molar-refractivity contribution >= 4 is 22.6 Å². The Kier molecular flexibility index (Phi) is 6.04. The fourth-order valence-electron chi connectivity index (χ4n) is 4.56. The molecular weight excluding hydrogens is 469 g/mol. The van der Waals surface area contributed by atoms with Crippen LogP contribution in [0.1, 0.15) is 21.5 Å². The fourth-order valence-corrected chi connectivity index (χ4v) is 4.56. The SMILES string of the molecule is Cc1c(-c2ccccc2)oc2c(C(=O)N3CCN(c4cccc(C(F)(F)F)c4)CC3)cccc2c1=O. The summed E-state index contributed by atoms with van der Waals surface area (Å²) < 4.78 is 45.5. The molecule has 36 heavy (non-hydrogen) atoms. The van der Waals surface area contributed by atoms with E-state index in [9.17, 15) is 22.8 Å². The van der Waals surface area contributed by atoms with Gasteiger partial charge in [-0.3, -0.25) is 9.59 Å². The molecule has 0 bridgehead atoms. The minimum Gasteiger partial charge on any atom is -0.455 e. The molecular formula is C28H23F3N2O3. The van der Waals surface area contributed by atoms with Gasteiger partial charge in [0.05, 0.1) is 16.5 Å². The molecule has 1 aliphatic heterocycles. The van der Waals surface area contributed by atoms with E-state index in [4.69, 9.17) is 4.42 Å². The van der Waals surface area contributed by atoms with Crippen molar-refractivity contribution in [3.05, 3.63) is 99.7 Å². The quantitative estimate of drug-likeness (QED) is 0.366. The van der Waals surface area contributed by atoms with Crippen LogP contribution < -0.4 is 10.3 Å². The zero-order valence-corrected chi connectivity index (χ0v) is 19.5. The maximum Gasteiger partial charge on any atom is 0.416 e. The van der Waals surface area contributed by atoms with Gasteiger partial charge in [0.15, 0.2) is 11.0 Å². The second kappa shape index (κ2) is 9.18. The van der Waals surface area contributed by atoms with Crippen molar-refractivity contribution in [3.63, 3.8) is 0 Å². The van der Waals surface area contributed by atoms with E-state index < -0.39 is 11.7 Å². The third-order valence-electron chi connectivity index (χ3n) is 6.52. The summed E-state index contributed by atoms with van der Waals surface area (Å²) in [6.45, 7) is 3.13. The minimum atomic E-state index is -4.41. The number of rotatable bonds is 3. The molecule has 2 heterocycles. The Labute approximate surface area is 205 Å². The Balaban J connectivity index is 1.42. The normalized spacial score (nSPS) is 14.3. The van der Waals surface area contributed by atoms with Crippen LogP contribution in [-0.2, 0) is 6.18 Å². The lowest BCUT2D eigenvalue weighted by Gasteiger charge is -2.36. The van der Waals surface area contributed by atoms with E-state index >= 15 is 0 Å². The first-order valence-electron chi connectivity index (χ1n) is 11.6. The third-order valence-corrected chi connectivity index (χ3v) is 6.52. The molecule has 0 unspecified atom stereocenters. The Hall–Kier alpha value is -4.07. The zero-order chi connectivity index (χ0) is 25.4. The number of piperazine rings is 1. The number of nitrogens with zero attached hydrogens (tertiary/aromatic N) is 2. The molecule has 4 aromatic rings. The van der Waals surface area contributed by atoms with Crippen molar-refractivity contribution in [2.24, 2.45) is 0 Å². The minimum absolute atomic E-state index is 0.195. The first-order valence-corrected chi connectivity index (χ1v) is 11.6. The molecule has 184 valence electrons. The van der Waals surface area contributed by atoms with Gasteiger partial charge >= 0.3 is 6.18 Å². The maximum atomic E-state index is 13.5. The number of anilines is 1. The first kappa shape index (κ1) is 23.7. The molecule has 0 spiro atoms. The molecule has 0 atom stereocenters. The molecule has 1 saturated heterocycles. The van der Waals surface area contributed by atoms with E-state index in [0.29, 0.717) is 48.6 Å². The third kappa shape index (κ3) is 4.34. The smallest absolute Gasteiger partial charge is 0.416 e. The van der Waals surface area contributed by atoms with Gasteiger partial charge in [-0.1, -0.05) is 42.5 Å². The molecule has 5 nitrogen and oxygen atoms in total. The Morgan fingerprint density at radius 3 is 2.28 bits per heavy atom. The summed E-state index contributed by atoms with van der Waals surface area (Å²) in [5.74, 6) is 0.137. The summed E-state index contributed by atoms with van der Waals surface area (Å²) in [5, 5.41) is 0.334. The molecule has 8 heteroatoms. The maximum absolute atomic E-state index is 13.5. The van der Waals surface area contributed by atoms with Crippen LogP contribution in [-0.4, -0.2) is 37.0 Å². The number of hydrogen-bond donors (Lipinski definition) is 0. The Bertz CT molecular complexity index is 1490. The van der Waals surface area contributed by atoms with Gasteiger partial charge in [-0.25, -0.2) is 0 Å². The second-order valence-corrected chi connectivity index (χ2v) is 8.76. The average Bonchev–Trinajstić information content (AvgIpc) is 2.90. The number of carbonyl (C=O) groups excluding carboxylic acids is 1. The van der Waals surface area contributed by atoms with Gasteiger partial charge in [-0.05, 0) is 37.3 Å². The highest BCUT2D eigenvalue weighted by Crippen LogP contribution is 2.32. The van der Waals surface area contributed by atoms with E-state index in [1.165, 1.54) is 6.07 Å². The van der Waals surface area contributed by atoms with E-state index in [0.717, 1.165) is 17.7 Å². The Morgan fingerprint density at radius 2 is 1.58 bits per heavy atom. The van der Waals surface area contributed by atoms with Crippen LogP contribution in [0.2, 0.25) is 0 Å². The van der Waals surface area contributed by atoms with Crippen molar-refractivity contribution in [1.29, 1.82) is 0 Å². The monoisotopic (exact) mass is 492 g/mol. The lowest BCUT2D eigenvalue weighted by Crippen LogP contribution is -2.48. The van der Waals surface area contributed by atoms with Crippen LogP contribution in [0.5, 0.6) is 0 Å². The molecule has 0 aliphatic carbocycles. The molecule has 5 rings (SSSR count). The van der Waals surface area contributed by atoms with E-state index in [1.807, 2.05) is 35.2 Å². The average molecular weight is 492 g/mol. The van der Waals surface area contributed by atoms with Crippen molar-refractivity contribution in [2.75, 3.05) is 31.1 Å². The molecule has 0 N–H and O–H groups in total. The highest BCUT2D eigenvalue weighted by atomic mass is 19.4. The standard InChI is InChI=1S/C28H23F3N2O3/c1-18-24(34)22-11-6-12-23(26(22)36-25(18)19-7-3-2-4-8-19)27(35)33-15-13-32(14-16-33)21-10-5-9-20(17-21)28(29,30)31/h2-12,17H,13-16H2,1H3. The summed E-state index contributed by atoms with van der Waals surface area (Å²) in [4.78, 5) is 30.1. The molecule has 1 aliphatic rings. The van der Waals surface area contributed by atoms with Crippen molar-refractivity contribution in [2.45, 2.75) is 13.1 Å². The molecule has 0 radical (unpaired) electrons. The summed E-state index contributed by atoms with van der Waals surface area (Å²) in [5.41, 5.74) is 1.30. The largest absolute Gasteiger partial charge is 0.455 e. The van der Waals surface area contributed by atoms with Gasteiger partial charge in [-0.2, -0.15) is 13.2 Å². The van der Waals surface area contributed by atoms with Crippen molar-refractivity contribution in [3.8, 4) is 11.3 Å². The number of benzene rings is 3. The zero-order valence-electron chi connectivity index (χ0n) is 19.5. The summed E-state index contributed by atoms with van der Waals surface area (Å²) in [7, 11) is 0. The number of hydrogen-bond acceptors (Lipinski definition) is 4. The van der Waals surface area contributed by atoms with E-state index in [-0.39, 0.29) is 22.5 Å². The number of halogens is 3. The fraction of sp³-hybridized carbons (Fsp3) is 0.214. The van der Waals surface area contributed by atoms with E-state index in [1.54, 1.807) is 36.1 Å².